The fourth-order valence-corrected chi connectivity index (χ4v) is 3.82. The van der Waals surface area contributed by atoms with Crippen LogP contribution in [0.15, 0.2) is 48.5 Å². The van der Waals surface area contributed by atoms with Gasteiger partial charge in [0.15, 0.2) is 0 Å². The summed E-state index contributed by atoms with van der Waals surface area (Å²) in [7, 11) is 0. The van der Waals surface area contributed by atoms with E-state index in [0.717, 1.165) is 18.7 Å². The highest BCUT2D eigenvalue weighted by molar-refractivity contribution is 6.32. The van der Waals surface area contributed by atoms with E-state index in [1.54, 1.807) is 15.6 Å². The Labute approximate surface area is 180 Å². The molecule has 0 N–H and O–H groups in total. The van der Waals surface area contributed by atoms with Gasteiger partial charge in [-0.15, -0.1) is 5.10 Å². The second-order valence-electron chi connectivity index (χ2n) is 7.14. The molecule has 1 fully saturated rings. The first kappa shape index (κ1) is 19.9. The van der Waals surface area contributed by atoms with E-state index in [1.165, 1.54) is 0 Å². The maximum atomic E-state index is 13.1. The molecule has 4 rings (SSSR count). The van der Waals surface area contributed by atoms with Crippen molar-refractivity contribution in [2.24, 2.45) is 0 Å². The molecule has 7 nitrogen and oxygen atoms in total. The Bertz CT molecular complexity index is 1100. The van der Waals surface area contributed by atoms with Crippen molar-refractivity contribution in [1.82, 2.24) is 19.7 Å². The molecule has 0 unspecified atom stereocenters. The van der Waals surface area contributed by atoms with Crippen molar-refractivity contribution in [1.29, 1.82) is 5.26 Å². The highest BCUT2D eigenvalue weighted by atomic mass is 35.5. The number of amides is 1. The molecule has 0 atom stereocenters. The fraction of sp³-hybridized carbons (Fsp3) is 0.273. The molecule has 2 aromatic carbocycles. The minimum atomic E-state index is -0.175. The maximum absolute atomic E-state index is 13.1. The number of carbonyl (C=O) groups excluding carboxylic acids is 1. The van der Waals surface area contributed by atoms with Gasteiger partial charge in [-0.1, -0.05) is 23.7 Å². The molecule has 1 aliphatic rings. The van der Waals surface area contributed by atoms with Gasteiger partial charge in [-0.25, -0.2) is 9.67 Å². The van der Waals surface area contributed by atoms with Crippen LogP contribution in [0.2, 0.25) is 5.02 Å². The minimum absolute atomic E-state index is 0.175. The number of aromatic nitrogens is 3. The molecule has 0 aliphatic carbocycles. The van der Waals surface area contributed by atoms with Gasteiger partial charge in [-0.3, -0.25) is 4.79 Å². The summed E-state index contributed by atoms with van der Waals surface area (Å²) in [5.74, 6) is 0.616. The number of hydrogen-bond donors (Lipinski definition) is 0. The summed E-state index contributed by atoms with van der Waals surface area (Å²) in [6, 6.07) is 17.0. The largest absolute Gasteiger partial charge is 0.370 e. The van der Waals surface area contributed by atoms with Gasteiger partial charge >= 0.3 is 0 Å². The number of halogens is 1. The molecule has 0 spiro atoms. The third-order valence-corrected chi connectivity index (χ3v) is 5.51. The summed E-state index contributed by atoms with van der Waals surface area (Å²) in [6.07, 6.45) is 0.843. The first-order valence-corrected chi connectivity index (χ1v) is 10.2. The summed E-state index contributed by atoms with van der Waals surface area (Å²) in [6.45, 7) is 4.59. The number of nitriles is 1. The normalized spacial score (nSPS) is 14.3. The Kier molecular flexibility index (Phi) is 5.68. The minimum Gasteiger partial charge on any atom is -0.370 e. The molecule has 3 aromatic rings. The molecule has 0 radical (unpaired) electrons. The monoisotopic (exact) mass is 420 g/mol. The zero-order chi connectivity index (χ0) is 21.1. The van der Waals surface area contributed by atoms with E-state index in [1.807, 2.05) is 49.4 Å². The molecule has 8 heteroatoms. The molecule has 2 heterocycles. The van der Waals surface area contributed by atoms with Crippen LogP contribution in [-0.2, 0) is 0 Å². The van der Waals surface area contributed by atoms with Gasteiger partial charge in [0.2, 0.25) is 5.82 Å². The van der Waals surface area contributed by atoms with Crippen LogP contribution in [0, 0.1) is 18.3 Å². The van der Waals surface area contributed by atoms with Crippen LogP contribution in [0.4, 0.5) is 5.69 Å². The van der Waals surface area contributed by atoms with Gasteiger partial charge in [0, 0.05) is 31.9 Å². The summed E-state index contributed by atoms with van der Waals surface area (Å²) in [4.78, 5) is 21.5. The van der Waals surface area contributed by atoms with E-state index < -0.39 is 0 Å². The summed E-state index contributed by atoms with van der Waals surface area (Å²) >= 11 is 6.28. The highest BCUT2D eigenvalue weighted by Gasteiger charge is 2.24. The van der Waals surface area contributed by atoms with E-state index >= 15 is 0 Å². The number of carbonyl (C=O) groups is 1. The Hall–Kier alpha value is -3.37. The van der Waals surface area contributed by atoms with Crippen LogP contribution in [0.25, 0.3) is 5.69 Å². The quantitative estimate of drug-likeness (QED) is 0.648. The molecule has 1 aliphatic heterocycles. The number of aryl methyl sites for hydroxylation is 1. The van der Waals surface area contributed by atoms with Crippen LogP contribution in [0.3, 0.4) is 0 Å². The first-order chi connectivity index (χ1) is 14.6. The SMILES string of the molecule is Cc1nc(C(=O)N2CCCN(c3ccc(C#N)cc3)CC2)nn1-c1ccccc1Cl. The third-order valence-electron chi connectivity index (χ3n) is 5.19. The van der Waals surface area contributed by atoms with Crippen molar-refractivity contribution in [2.45, 2.75) is 13.3 Å². The van der Waals surface area contributed by atoms with Gasteiger partial charge in [0.05, 0.1) is 22.3 Å². The van der Waals surface area contributed by atoms with Crippen LogP contribution in [0.1, 0.15) is 28.4 Å². The average molecular weight is 421 g/mol. The zero-order valence-corrected chi connectivity index (χ0v) is 17.4. The molecular weight excluding hydrogens is 400 g/mol. The van der Waals surface area contributed by atoms with Crippen molar-refractivity contribution in [3.8, 4) is 11.8 Å². The molecule has 0 saturated carbocycles. The first-order valence-electron chi connectivity index (χ1n) is 9.80. The lowest BCUT2D eigenvalue weighted by Gasteiger charge is -2.23. The van der Waals surface area contributed by atoms with Crippen LogP contribution in [0.5, 0.6) is 0 Å². The fourth-order valence-electron chi connectivity index (χ4n) is 3.60. The average Bonchev–Trinajstić information content (AvgIpc) is 2.99. The molecule has 0 bridgehead atoms. The van der Waals surface area contributed by atoms with Crippen molar-refractivity contribution >= 4 is 23.2 Å². The lowest BCUT2D eigenvalue weighted by Crippen LogP contribution is -2.35. The predicted octanol–water partition coefficient (Wildman–Crippen LogP) is 3.45. The predicted molar refractivity (Wildman–Crippen MR) is 115 cm³/mol. The number of para-hydroxylation sites is 1. The van der Waals surface area contributed by atoms with E-state index in [2.05, 4.69) is 21.1 Å². The maximum Gasteiger partial charge on any atom is 0.293 e. The Balaban J connectivity index is 1.48. The molecule has 1 saturated heterocycles. The van der Waals surface area contributed by atoms with E-state index in [-0.39, 0.29) is 11.7 Å². The topological polar surface area (TPSA) is 78.1 Å². The molecule has 1 amide bonds. The van der Waals surface area contributed by atoms with Gasteiger partial charge < -0.3 is 9.80 Å². The highest BCUT2D eigenvalue weighted by Crippen LogP contribution is 2.21. The Morgan fingerprint density at radius 2 is 1.83 bits per heavy atom. The van der Waals surface area contributed by atoms with Gasteiger partial charge in [-0.2, -0.15) is 5.26 Å². The number of nitrogens with zero attached hydrogens (tertiary/aromatic N) is 6. The lowest BCUT2D eigenvalue weighted by atomic mass is 10.2. The molecule has 30 heavy (non-hydrogen) atoms. The zero-order valence-electron chi connectivity index (χ0n) is 16.6. The summed E-state index contributed by atoms with van der Waals surface area (Å²) < 4.78 is 1.61. The van der Waals surface area contributed by atoms with Crippen LogP contribution >= 0.6 is 11.6 Å². The van der Waals surface area contributed by atoms with Gasteiger partial charge in [0.25, 0.3) is 5.91 Å². The van der Waals surface area contributed by atoms with Gasteiger partial charge in [0.1, 0.15) is 5.82 Å². The van der Waals surface area contributed by atoms with Crippen molar-refractivity contribution in [3.63, 3.8) is 0 Å². The molecule has 152 valence electrons. The second-order valence-corrected chi connectivity index (χ2v) is 7.54. The smallest absolute Gasteiger partial charge is 0.293 e. The lowest BCUT2D eigenvalue weighted by molar-refractivity contribution is 0.0755. The second kappa shape index (κ2) is 8.56. The third kappa shape index (κ3) is 4.00. The molecule has 1 aromatic heterocycles. The number of anilines is 1. The number of rotatable bonds is 3. The van der Waals surface area contributed by atoms with Crippen molar-refractivity contribution < 1.29 is 4.79 Å². The Morgan fingerprint density at radius 3 is 2.57 bits per heavy atom. The number of hydrogen-bond acceptors (Lipinski definition) is 5. The van der Waals surface area contributed by atoms with Crippen LogP contribution < -0.4 is 4.90 Å². The molecular formula is C22H21ClN6O. The van der Waals surface area contributed by atoms with Crippen LogP contribution in [-0.4, -0.2) is 51.8 Å². The number of benzene rings is 2. The van der Waals surface area contributed by atoms with E-state index in [0.29, 0.717) is 41.7 Å². The van der Waals surface area contributed by atoms with Crippen molar-refractivity contribution in [3.05, 3.63) is 70.8 Å². The van der Waals surface area contributed by atoms with Gasteiger partial charge in [-0.05, 0) is 49.7 Å². The van der Waals surface area contributed by atoms with E-state index in [4.69, 9.17) is 16.9 Å². The van der Waals surface area contributed by atoms with E-state index in [9.17, 15) is 4.79 Å². The van der Waals surface area contributed by atoms with Crippen molar-refractivity contribution in [2.75, 3.05) is 31.1 Å². The summed E-state index contributed by atoms with van der Waals surface area (Å²) in [5.41, 5.74) is 2.40. The Morgan fingerprint density at radius 1 is 1.07 bits per heavy atom. The standard InChI is InChI=1S/C22H21ClN6O/c1-16-25-21(26-29(16)20-6-3-2-5-19(20)23)22(30)28-12-4-11-27(13-14-28)18-9-7-17(15-24)8-10-18/h2-3,5-10H,4,11-14H2,1H3. The summed E-state index contributed by atoms with van der Waals surface area (Å²) in [5, 5.41) is 13.9.